The molecule has 0 unspecified atom stereocenters. The Morgan fingerprint density at radius 3 is 2.39 bits per heavy atom. The summed E-state index contributed by atoms with van der Waals surface area (Å²) in [4.78, 5) is 2.09. The zero-order valence-electron chi connectivity index (χ0n) is 13.1. The van der Waals surface area contributed by atoms with E-state index < -0.39 is 0 Å². The van der Waals surface area contributed by atoms with E-state index in [0.717, 1.165) is 17.9 Å². The molecule has 0 saturated heterocycles. The molecule has 0 N–H and O–H groups in total. The lowest BCUT2D eigenvalue weighted by Gasteiger charge is -2.14. The topological polar surface area (TPSA) is 51.4 Å². The molecule has 3 rings (SSSR count). The molecule has 0 spiro atoms. The quantitative estimate of drug-likeness (QED) is 0.670. The van der Waals surface area contributed by atoms with Gasteiger partial charge in [-0.1, -0.05) is 36.4 Å². The highest BCUT2D eigenvalue weighted by Gasteiger charge is 2.10. The highest BCUT2D eigenvalue weighted by Crippen LogP contribution is 2.17. The van der Waals surface area contributed by atoms with Crippen LogP contribution in [0, 0.1) is 0 Å². The number of para-hydroxylation sites is 1. The van der Waals surface area contributed by atoms with Crippen LogP contribution in [0.5, 0.6) is 5.75 Å². The average molecular weight is 309 g/mol. The first-order chi connectivity index (χ1) is 11.3. The predicted molar refractivity (Wildman–Crippen MR) is 88.0 cm³/mol. The van der Waals surface area contributed by atoms with Gasteiger partial charge in [0.1, 0.15) is 12.4 Å². The molecule has 0 aliphatic heterocycles. The molecule has 3 aromatic rings. The van der Waals surface area contributed by atoms with Gasteiger partial charge in [-0.15, -0.1) is 10.2 Å². The monoisotopic (exact) mass is 309 g/mol. The minimum atomic E-state index is 0.550. The van der Waals surface area contributed by atoms with Gasteiger partial charge in [0.05, 0.1) is 6.54 Å². The Bertz CT molecular complexity index is 713. The van der Waals surface area contributed by atoms with Crippen molar-refractivity contribution in [1.82, 2.24) is 15.1 Å². The van der Waals surface area contributed by atoms with Crippen molar-refractivity contribution in [1.29, 1.82) is 0 Å². The van der Waals surface area contributed by atoms with Crippen LogP contribution in [0.1, 0.15) is 5.89 Å². The summed E-state index contributed by atoms with van der Waals surface area (Å²) < 4.78 is 11.4. The molecule has 5 nitrogen and oxygen atoms in total. The van der Waals surface area contributed by atoms with E-state index in [-0.39, 0.29) is 0 Å². The fourth-order valence-electron chi connectivity index (χ4n) is 2.16. The number of nitrogens with zero attached hydrogens (tertiary/aromatic N) is 3. The number of ether oxygens (including phenoxy) is 1. The molecule has 1 aromatic heterocycles. The van der Waals surface area contributed by atoms with Crippen molar-refractivity contribution < 1.29 is 9.15 Å². The van der Waals surface area contributed by atoms with Gasteiger partial charge in [-0.3, -0.25) is 4.90 Å². The van der Waals surface area contributed by atoms with Gasteiger partial charge >= 0.3 is 0 Å². The average Bonchev–Trinajstić information content (AvgIpc) is 3.05. The fourth-order valence-corrected chi connectivity index (χ4v) is 2.16. The van der Waals surface area contributed by atoms with E-state index in [2.05, 4.69) is 15.1 Å². The number of hydrogen-bond acceptors (Lipinski definition) is 5. The van der Waals surface area contributed by atoms with E-state index in [1.54, 1.807) is 0 Å². The lowest BCUT2D eigenvalue weighted by Crippen LogP contribution is -2.24. The van der Waals surface area contributed by atoms with Crippen LogP contribution < -0.4 is 4.74 Å². The Balaban J connectivity index is 1.48. The summed E-state index contributed by atoms with van der Waals surface area (Å²) in [6.45, 7) is 1.98. The normalized spacial score (nSPS) is 10.9. The Morgan fingerprint density at radius 1 is 0.957 bits per heavy atom. The van der Waals surface area contributed by atoms with E-state index in [4.69, 9.17) is 9.15 Å². The summed E-state index contributed by atoms with van der Waals surface area (Å²) in [6, 6.07) is 19.6. The van der Waals surface area contributed by atoms with Gasteiger partial charge < -0.3 is 9.15 Å². The smallest absolute Gasteiger partial charge is 0.247 e. The van der Waals surface area contributed by atoms with Crippen LogP contribution in [-0.4, -0.2) is 35.3 Å². The van der Waals surface area contributed by atoms with Crippen molar-refractivity contribution in [3.8, 4) is 17.2 Å². The molecule has 0 atom stereocenters. The Morgan fingerprint density at radius 2 is 1.65 bits per heavy atom. The standard InChI is InChI=1S/C18H19N3O2/c1-21(12-13-22-16-10-6-3-7-11-16)14-17-19-20-18(23-17)15-8-4-2-5-9-15/h2-11H,12-14H2,1H3. The van der Waals surface area contributed by atoms with Gasteiger partial charge in [0.25, 0.3) is 0 Å². The van der Waals surface area contributed by atoms with Gasteiger partial charge in [0, 0.05) is 12.1 Å². The van der Waals surface area contributed by atoms with Gasteiger partial charge in [-0.05, 0) is 31.3 Å². The summed E-state index contributed by atoms with van der Waals surface area (Å²) in [5, 5.41) is 8.19. The first kappa shape index (κ1) is 15.2. The van der Waals surface area contributed by atoms with E-state index in [1.165, 1.54) is 0 Å². The lowest BCUT2D eigenvalue weighted by molar-refractivity contribution is 0.220. The third-order valence-electron chi connectivity index (χ3n) is 3.38. The van der Waals surface area contributed by atoms with Crippen molar-refractivity contribution >= 4 is 0 Å². The first-order valence-electron chi connectivity index (χ1n) is 7.55. The molecular formula is C18H19N3O2. The fraction of sp³-hybridized carbons (Fsp3) is 0.222. The summed E-state index contributed by atoms with van der Waals surface area (Å²) >= 11 is 0. The molecule has 0 saturated carbocycles. The second-order valence-corrected chi connectivity index (χ2v) is 5.27. The maximum Gasteiger partial charge on any atom is 0.247 e. The molecule has 0 radical (unpaired) electrons. The molecule has 23 heavy (non-hydrogen) atoms. The minimum absolute atomic E-state index is 0.550. The predicted octanol–water partition coefficient (Wildman–Crippen LogP) is 3.25. The zero-order valence-corrected chi connectivity index (χ0v) is 13.1. The third-order valence-corrected chi connectivity index (χ3v) is 3.38. The summed E-state index contributed by atoms with van der Waals surface area (Å²) in [7, 11) is 2.00. The Hall–Kier alpha value is -2.66. The lowest BCUT2D eigenvalue weighted by atomic mass is 10.2. The maximum atomic E-state index is 5.70. The van der Waals surface area contributed by atoms with Gasteiger partial charge in [0.2, 0.25) is 11.8 Å². The van der Waals surface area contributed by atoms with Crippen LogP contribution in [0.3, 0.4) is 0 Å². The highest BCUT2D eigenvalue weighted by atomic mass is 16.5. The van der Waals surface area contributed by atoms with Gasteiger partial charge in [0.15, 0.2) is 0 Å². The van der Waals surface area contributed by atoms with E-state index in [0.29, 0.717) is 24.9 Å². The number of aromatic nitrogens is 2. The minimum Gasteiger partial charge on any atom is -0.492 e. The zero-order chi connectivity index (χ0) is 15.9. The molecule has 0 amide bonds. The summed E-state index contributed by atoms with van der Waals surface area (Å²) in [5.74, 6) is 2.03. The number of benzene rings is 2. The number of rotatable bonds is 7. The van der Waals surface area contributed by atoms with Crippen molar-refractivity contribution in [3.63, 3.8) is 0 Å². The maximum absolute atomic E-state index is 5.70. The molecule has 0 aliphatic carbocycles. The van der Waals surface area contributed by atoms with Crippen molar-refractivity contribution in [2.45, 2.75) is 6.54 Å². The third kappa shape index (κ3) is 4.40. The second kappa shape index (κ2) is 7.56. The largest absolute Gasteiger partial charge is 0.492 e. The molecule has 1 heterocycles. The second-order valence-electron chi connectivity index (χ2n) is 5.27. The van der Waals surface area contributed by atoms with Crippen LogP contribution >= 0.6 is 0 Å². The Labute approximate surface area is 135 Å². The van der Waals surface area contributed by atoms with Crippen LogP contribution in [0.25, 0.3) is 11.5 Å². The van der Waals surface area contributed by atoms with Crippen LogP contribution in [0.2, 0.25) is 0 Å². The summed E-state index contributed by atoms with van der Waals surface area (Å²) in [6.07, 6.45) is 0. The molecule has 2 aromatic carbocycles. The van der Waals surface area contributed by atoms with Gasteiger partial charge in [-0.2, -0.15) is 0 Å². The highest BCUT2D eigenvalue weighted by molar-refractivity contribution is 5.51. The van der Waals surface area contributed by atoms with Crippen molar-refractivity contribution in [3.05, 3.63) is 66.6 Å². The van der Waals surface area contributed by atoms with E-state index in [9.17, 15) is 0 Å². The van der Waals surface area contributed by atoms with Gasteiger partial charge in [-0.25, -0.2) is 0 Å². The molecule has 118 valence electrons. The molecular weight excluding hydrogens is 290 g/mol. The van der Waals surface area contributed by atoms with E-state index in [1.807, 2.05) is 67.7 Å². The Kier molecular flexibility index (Phi) is 5.01. The van der Waals surface area contributed by atoms with Crippen LogP contribution in [0.15, 0.2) is 65.1 Å². The number of hydrogen-bond donors (Lipinski definition) is 0. The van der Waals surface area contributed by atoms with Crippen molar-refractivity contribution in [2.24, 2.45) is 0 Å². The van der Waals surface area contributed by atoms with E-state index >= 15 is 0 Å². The number of likely N-dealkylation sites (N-methyl/N-ethyl adjacent to an activating group) is 1. The SMILES string of the molecule is CN(CCOc1ccccc1)Cc1nnc(-c2ccccc2)o1. The molecule has 5 heteroatoms. The molecule has 0 bridgehead atoms. The van der Waals surface area contributed by atoms with Crippen LogP contribution in [0.4, 0.5) is 0 Å². The van der Waals surface area contributed by atoms with Crippen LogP contribution in [-0.2, 0) is 6.54 Å². The molecule has 0 fully saturated rings. The molecule has 0 aliphatic rings. The first-order valence-corrected chi connectivity index (χ1v) is 7.55. The van der Waals surface area contributed by atoms with Crippen molar-refractivity contribution in [2.75, 3.05) is 20.2 Å². The summed E-state index contributed by atoms with van der Waals surface area (Å²) in [5.41, 5.74) is 0.932.